The van der Waals surface area contributed by atoms with Crippen LogP contribution in [-0.2, 0) is 0 Å². The highest BCUT2D eigenvalue weighted by molar-refractivity contribution is 5.25. The van der Waals surface area contributed by atoms with Gasteiger partial charge in [-0.2, -0.15) is 0 Å². The number of rotatable bonds is 2. The average molecular weight is 145 g/mol. The highest BCUT2D eigenvalue weighted by Crippen LogP contribution is 2.10. The van der Waals surface area contributed by atoms with Crippen LogP contribution in [-0.4, -0.2) is 6.61 Å². The number of aryl methyl sites for hydroxylation is 1. The quantitative estimate of drug-likeness (QED) is 0.577. The molecule has 1 rings (SSSR count). The molecule has 0 bridgehead atoms. The second-order valence-corrected chi connectivity index (χ2v) is 2.19. The molecule has 0 unspecified atom stereocenters. The van der Waals surface area contributed by atoms with E-state index in [0.29, 0.717) is 12.4 Å². The Hall–Kier alpha value is -1.42. The third-order valence-corrected chi connectivity index (χ3v) is 1.23. The van der Waals surface area contributed by atoms with Crippen LogP contribution in [0.5, 0.6) is 5.75 Å². The molecule has 0 heterocycles. The number of terminal acetylenes is 1. The summed E-state index contributed by atoms with van der Waals surface area (Å²) in [7, 11) is 0. The second-order valence-electron chi connectivity index (χ2n) is 2.19. The van der Waals surface area contributed by atoms with E-state index in [2.05, 4.69) is 12.0 Å². The number of hydrogen-bond acceptors (Lipinski definition) is 1. The second kappa shape index (κ2) is 3.68. The van der Waals surface area contributed by atoms with Crippen molar-refractivity contribution in [3.8, 4) is 18.1 Å². The molecule has 1 radical (unpaired) electrons. The van der Waals surface area contributed by atoms with Crippen LogP contribution in [0.4, 0.5) is 0 Å². The van der Waals surface area contributed by atoms with Crippen molar-refractivity contribution in [3.63, 3.8) is 0 Å². The first-order chi connectivity index (χ1) is 5.33. The molecule has 0 aromatic heterocycles. The Morgan fingerprint density at radius 2 is 2.45 bits per heavy atom. The molecule has 1 aromatic rings. The van der Waals surface area contributed by atoms with Crippen molar-refractivity contribution in [1.29, 1.82) is 0 Å². The summed E-state index contributed by atoms with van der Waals surface area (Å²) >= 11 is 0. The molecule has 1 aromatic carbocycles. The summed E-state index contributed by atoms with van der Waals surface area (Å²) in [5.74, 6) is 3.10. The third-order valence-electron chi connectivity index (χ3n) is 1.23. The zero-order valence-electron chi connectivity index (χ0n) is 6.42. The lowest BCUT2D eigenvalue weighted by Crippen LogP contribution is -1.93. The third kappa shape index (κ3) is 2.35. The Balaban J connectivity index is 2.65. The van der Waals surface area contributed by atoms with Crippen LogP contribution in [0.3, 0.4) is 0 Å². The van der Waals surface area contributed by atoms with Crippen LogP contribution in [0.2, 0.25) is 0 Å². The molecule has 55 valence electrons. The van der Waals surface area contributed by atoms with E-state index >= 15 is 0 Å². The Morgan fingerprint density at radius 3 is 3.09 bits per heavy atom. The Bertz CT molecular complexity index is 270. The first-order valence-corrected chi connectivity index (χ1v) is 3.38. The SMILES string of the molecule is C#CCOc1[c]c(C)ccc1. The maximum Gasteiger partial charge on any atom is 0.148 e. The normalized spacial score (nSPS) is 8.73. The predicted octanol–water partition coefficient (Wildman–Crippen LogP) is 1.81. The fourth-order valence-corrected chi connectivity index (χ4v) is 0.761. The van der Waals surface area contributed by atoms with E-state index in [-0.39, 0.29) is 0 Å². The van der Waals surface area contributed by atoms with E-state index in [1.165, 1.54) is 0 Å². The zero-order valence-corrected chi connectivity index (χ0v) is 6.42. The van der Waals surface area contributed by atoms with Crippen molar-refractivity contribution in [1.82, 2.24) is 0 Å². The van der Waals surface area contributed by atoms with E-state index in [1.807, 2.05) is 25.1 Å². The van der Waals surface area contributed by atoms with Gasteiger partial charge in [-0.15, -0.1) is 6.42 Å². The maximum absolute atomic E-state index is 5.14. The van der Waals surface area contributed by atoms with Crippen LogP contribution in [0.1, 0.15) is 5.56 Å². The molecule has 0 spiro atoms. The van der Waals surface area contributed by atoms with Gasteiger partial charge in [0.1, 0.15) is 12.4 Å². The largest absolute Gasteiger partial charge is 0.480 e. The predicted molar refractivity (Wildman–Crippen MR) is 44.3 cm³/mol. The van der Waals surface area contributed by atoms with E-state index < -0.39 is 0 Å². The van der Waals surface area contributed by atoms with Gasteiger partial charge in [-0.3, -0.25) is 0 Å². The topological polar surface area (TPSA) is 9.23 Å². The van der Waals surface area contributed by atoms with Crippen LogP contribution in [0.25, 0.3) is 0 Å². The number of benzene rings is 1. The summed E-state index contributed by atoms with van der Waals surface area (Å²) in [6.45, 7) is 2.27. The molecule has 0 saturated carbocycles. The van der Waals surface area contributed by atoms with Crippen LogP contribution in [0.15, 0.2) is 18.2 Å². The minimum absolute atomic E-state index is 0.306. The molecule has 1 nitrogen and oxygen atoms in total. The Labute approximate surface area is 67.0 Å². The van der Waals surface area contributed by atoms with E-state index in [1.54, 1.807) is 0 Å². The highest BCUT2D eigenvalue weighted by Gasteiger charge is 1.90. The molecule has 0 atom stereocenters. The maximum atomic E-state index is 5.14. The van der Waals surface area contributed by atoms with Gasteiger partial charge in [0.25, 0.3) is 0 Å². The molecule has 0 aliphatic carbocycles. The van der Waals surface area contributed by atoms with E-state index in [0.717, 1.165) is 5.56 Å². The summed E-state index contributed by atoms with van der Waals surface area (Å²) in [5, 5.41) is 0. The smallest absolute Gasteiger partial charge is 0.148 e. The van der Waals surface area contributed by atoms with Gasteiger partial charge < -0.3 is 4.74 Å². The van der Waals surface area contributed by atoms with Crippen molar-refractivity contribution in [2.75, 3.05) is 6.61 Å². The van der Waals surface area contributed by atoms with E-state index in [9.17, 15) is 0 Å². The zero-order chi connectivity index (χ0) is 8.10. The fourth-order valence-electron chi connectivity index (χ4n) is 0.761. The number of ether oxygens (including phenoxy) is 1. The summed E-state index contributed by atoms with van der Waals surface area (Å²) in [4.78, 5) is 0. The van der Waals surface area contributed by atoms with Gasteiger partial charge in [0.05, 0.1) is 0 Å². The Kier molecular flexibility index (Phi) is 2.57. The molecule has 0 saturated heterocycles. The summed E-state index contributed by atoms with van der Waals surface area (Å²) in [5.41, 5.74) is 1.06. The summed E-state index contributed by atoms with van der Waals surface area (Å²) < 4.78 is 5.14. The van der Waals surface area contributed by atoms with E-state index in [4.69, 9.17) is 11.2 Å². The van der Waals surface area contributed by atoms with Crippen LogP contribution >= 0.6 is 0 Å². The minimum atomic E-state index is 0.306. The summed E-state index contributed by atoms with van der Waals surface area (Å²) in [6, 6.07) is 8.74. The molecular weight excluding hydrogens is 136 g/mol. The van der Waals surface area contributed by atoms with Gasteiger partial charge in [0.15, 0.2) is 0 Å². The van der Waals surface area contributed by atoms with Crippen molar-refractivity contribution >= 4 is 0 Å². The number of hydrogen-bond donors (Lipinski definition) is 0. The monoisotopic (exact) mass is 145 g/mol. The lowest BCUT2D eigenvalue weighted by molar-refractivity contribution is 0.369. The standard InChI is InChI=1S/C10H9O/c1-3-7-11-10-6-4-5-9(2)8-10/h1,4-6H,7H2,2H3. The molecule has 0 N–H and O–H groups in total. The molecule has 0 amide bonds. The van der Waals surface area contributed by atoms with Crippen molar-refractivity contribution in [2.24, 2.45) is 0 Å². The van der Waals surface area contributed by atoms with Gasteiger partial charge in [0, 0.05) is 6.07 Å². The molecular formula is C10H9O. The molecule has 11 heavy (non-hydrogen) atoms. The molecule has 0 fully saturated rings. The summed E-state index contributed by atoms with van der Waals surface area (Å²) in [6.07, 6.45) is 5.03. The van der Waals surface area contributed by atoms with Gasteiger partial charge in [-0.1, -0.05) is 18.1 Å². The lowest BCUT2D eigenvalue weighted by atomic mass is 10.2. The minimum Gasteiger partial charge on any atom is -0.480 e. The van der Waals surface area contributed by atoms with Crippen molar-refractivity contribution < 1.29 is 4.74 Å². The molecule has 1 heteroatoms. The molecule has 0 aliphatic heterocycles. The van der Waals surface area contributed by atoms with Gasteiger partial charge in [-0.05, 0) is 18.6 Å². The van der Waals surface area contributed by atoms with Crippen molar-refractivity contribution in [3.05, 3.63) is 29.8 Å². The van der Waals surface area contributed by atoms with Gasteiger partial charge >= 0.3 is 0 Å². The van der Waals surface area contributed by atoms with Gasteiger partial charge in [0.2, 0.25) is 0 Å². The Morgan fingerprint density at radius 1 is 1.64 bits per heavy atom. The lowest BCUT2D eigenvalue weighted by Gasteiger charge is -2.00. The average Bonchev–Trinajstić information content (AvgIpc) is 2.01. The molecule has 0 aliphatic rings. The first-order valence-electron chi connectivity index (χ1n) is 3.38. The van der Waals surface area contributed by atoms with Crippen molar-refractivity contribution in [2.45, 2.75) is 6.92 Å². The van der Waals surface area contributed by atoms with Crippen LogP contribution in [0, 0.1) is 25.3 Å². The van der Waals surface area contributed by atoms with Crippen LogP contribution < -0.4 is 4.74 Å². The fraction of sp³-hybridized carbons (Fsp3) is 0.200. The van der Waals surface area contributed by atoms with Gasteiger partial charge in [-0.25, -0.2) is 0 Å². The highest BCUT2D eigenvalue weighted by atomic mass is 16.5. The first kappa shape index (κ1) is 7.68.